The van der Waals surface area contributed by atoms with Gasteiger partial charge in [-0.1, -0.05) is 47.6 Å². The zero-order valence-corrected chi connectivity index (χ0v) is 15.5. The van der Waals surface area contributed by atoms with Crippen molar-refractivity contribution in [1.29, 1.82) is 0 Å². The summed E-state index contributed by atoms with van der Waals surface area (Å²) in [6, 6.07) is 5.35. The molecule has 0 aliphatic rings. The molecule has 0 aromatic heterocycles. The van der Waals surface area contributed by atoms with Gasteiger partial charge in [-0.3, -0.25) is 0 Å². The molecule has 0 unspecified atom stereocenters. The summed E-state index contributed by atoms with van der Waals surface area (Å²) in [6.45, 7) is 12.2. The summed E-state index contributed by atoms with van der Waals surface area (Å²) >= 11 is 0. The lowest BCUT2D eigenvalue weighted by atomic mass is 9.80. The molecule has 0 spiro atoms. The molecule has 0 aliphatic heterocycles. The van der Waals surface area contributed by atoms with E-state index in [2.05, 4.69) is 4.74 Å². The van der Waals surface area contributed by atoms with Crippen molar-refractivity contribution in [2.75, 3.05) is 7.11 Å². The summed E-state index contributed by atoms with van der Waals surface area (Å²) in [7, 11) is -3.22. The first-order valence-electron chi connectivity index (χ1n) is 7.21. The molecule has 1 rings (SSSR count). The lowest BCUT2D eigenvalue weighted by Crippen LogP contribution is -2.34. The van der Waals surface area contributed by atoms with Gasteiger partial charge in [0.15, 0.2) is 0 Å². The molecule has 0 fully saturated rings. The van der Waals surface area contributed by atoms with Crippen LogP contribution in [-0.4, -0.2) is 21.6 Å². The molecule has 0 bridgehead atoms. The van der Waals surface area contributed by atoms with Gasteiger partial charge in [0.25, 0.3) is 0 Å². The van der Waals surface area contributed by atoms with Crippen LogP contribution < -0.4 is 8.91 Å². The molecule has 1 amide bonds. The van der Waals surface area contributed by atoms with Gasteiger partial charge >= 0.3 is 16.4 Å². The van der Waals surface area contributed by atoms with E-state index in [1.165, 1.54) is 0 Å². The molecule has 0 atom stereocenters. The first-order valence-corrected chi connectivity index (χ1v) is 8.62. The van der Waals surface area contributed by atoms with E-state index >= 15 is 0 Å². The van der Waals surface area contributed by atoms with E-state index in [-0.39, 0.29) is 16.6 Å². The number of carbonyl (C=O) groups is 1. The van der Waals surface area contributed by atoms with Gasteiger partial charge in [-0.05, 0) is 34.1 Å². The summed E-state index contributed by atoms with van der Waals surface area (Å²) < 4.78 is 34.7. The van der Waals surface area contributed by atoms with Gasteiger partial charge in [0, 0.05) is 0 Å². The Morgan fingerprint density at radius 1 is 0.957 bits per heavy atom. The highest BCUT2D eigenvalue weighted by atomic mass is 32.2. The number of rotatable bonds is 3. The van der Waals surface area contributed by atoms with Gasteiger partial charge in [0.05, 0.1) is 7.11 Å². The standard InChI is InChI=1S/C16H25NO5S/c1-15(2,3)11-8-12(16(4,5)6)10-13(9-11)22-23(19,20)17-14(18)21-7/h8-10H,1-7H3,(H,17,18). The summed E-state index contributed by atoms with van der Waals surface area (Å²) in [4.78, 5) is 11.1. The number of hydrogen-bond donors (Lipinski definition) is 1. The monoisotopic (exact) mass is 343 g/mol. The number of benzene rings is 1. The Labute approximate surface area is 138 Å². The van der Waals surface area contributed by atoms with Crippen molar-refractivity contribution in [2.45, 2.75) is 52.4 Å². The van der Waals surface area contributed by atoms with Crippen LogP contribution in [0.15, 0.2) is 18.2 Å². The topological polar surface area (TPSA) is 81.7 Å². The molecule has 7 heteroatoms. The Hall–Kier alpha value is -1.76. The van der Waals surface area contributed by atoms with E-state index in [1.807, 2.05) is 47.6 Å². The van der Waals surface area contributed by atoms with E-state index in [0.29, 0.717) is 0 Å². The first kappa shape index (κ1) is 19.3. The van der Waals surface area contributed by atoms with Crippen LogP contribution in [0.1, 0.15) is 52.7 Å². The van der Waals surface area contributed by atoms with Crippen molar-refractivity contribution in [2.24, 2.45) is 0 Å². The summed E-state index contributed by atoms with van der Waals surface area (Å²) in [5, 5.41) is 0. The maximum absolute atomic E-state index is 11.9. The smallest absolute Gasteiger partial charge is 0.423 e. The third kappa shape index (κ3) is 5.74. The van der Waals surface area contributed by atoms with Crippen molar-refractivity contribution < 1.29 is 22.1 Å². The Balaban J connectivity index is 3.28. The number of ether oxygens (including phenoxy) is 1. The van der Waals surface area contributed by atoms with Gasteiger partial charge in [0.2, 0.25) is 0 Å². The van der Waals surface area contributed by atoms with Gasteiger partial charge in [0.1, 0.15) is 5.75 Å². The molecule has 1 aromatic rings. The van der Waals surface area contributed by atoms with Crippen LogP contribution in [0.25, 0.3) is 0 Å². The molecular formula is C16H25NO5S. The Bertz CT molecular complexity index is 649. The van der Waals surface area contributed by atoms with Gasteiger partial charge < -0.3 is 8.92 Å². The zero-order valence-electron chi connectivity index (χ0n) is 14.7. The number of amides is 1. The van der Waals surface area contributed by atoms with Crippen molar-refractivity contribution in [3.05, 3.63) is 29.3 Å². The fourth-order valence-corrected chi connectivity index (χ4v) is 2.48. The molecular weight excluding hydrogens is 318 g/mol. The van der Waals surface area contributed by atoms with Crippen molar-refractivity contribution in [1.82, 2.24) is 4.72 Å². The second-order valence-corrected chi connectivity index (χ2v) is 8.66. The van der Waals surface area contributed by atoms with Gasteiger partial charge in [-0.15, -0.1) is 0 Å². The van der Waals surface area contributed by atoms with Crippen LogP contribution in [-0.2, 0) is 25.9 Å². The molecule has 6 nitrogen and oxygen atoms in total. The highest BCUT2D eigenvalue weighted by molar-refractivity contribution is 7.85. The van der Waals surface area contributed by atoms with Crippen LogP contribution in [0.5, 0.6) is 5.75 Å². The Morgan fingerprint density at radius 2 is 1.39 bits per heavy atom. The first-order chi connectivity index (χ1) is 10.2. The highest BCUT2D eigenvalue weighted by Gasteiger charge is 2.23. The maximum Gasteiger partial charge on any atom is 0.423 e. The molecule has 1 aromatic carbocycles. The molecule has 0 saturated heterocycles. The normalized spacial score (nSPS) is 12.7. The summed E-state index contributed by atoms with van der Waals surface area (Å²) in [5.74, 6) is 0.152. The molecule has 0 saturated carbocycles. The molecule has 1 N–H and O–H groups in total. The zero-order chi connectivity index (χ0) is 18.1. The number of carbonyl (C=O) groups excluding carboxylic acids is 1. The highest BCUT2D eigenvalue weighted by Crippen LogP contribution is 2.33. The average Bonchev–Trinajstić information content (AvgIpc) is 2.34. The fraction of sp³-hybridized carbons (Fsp3) is 0.562. The maximum atomic E-state index is 11.9. The van der Waals surface area contributed by atoms with Crippen molar-refractivity contribution in [3.8, 4) is 5.75 Å². The van der Waals surface area contributed by atoms with Gasteiger partial charge in [-0.25, -0.2) is 4.79 Å². The van der Waals surface area contributed by atoms with E-state index in [4.69, 9.17) is 4.18 Å². The van der Waals surface area contributed by atoms with Crippen LogP contribution in [0.4, 0.5) is 4.79 Å². The number of methoxy groups -OCH3 is 1. The van der Waals surface area contributed by atoms with Crippen LogP contribution in [0, 0.1) is 0 Å². The molecule has 0 radical (unpaired) electrons. The van der Waals surface area contributed by atoms with Crippen molar-refractivity contribution in [3.63, 3.8) is 0 Å². The molecule has 0 heterocycles. The minimum atomic E-state index is -4.30. The summed E-state index contributed by atoms with van der Waals surface area (Å²) in [5.41, 5.74) is 1.51. The third-order valence-corrected chi connectivity index (χ3v) is 4.07. The Morgan fingerprint density at radius 3 is 1.74 bits per heavy atom. The quantitative estimate of drug-likeness (QED) is 0.911. The molecule has 23 heavy (non-hydrogen) atoms. The lowest BCUT2D eigenvalue weighted by molar-refractivity contribution is 0.177. The molecule has 0 aliphatic carbocycles. The number of hydrogen-bond acceptors (Lipinski definition) is 5. The lowest BCUT2D eigenvalue weighted by Gasteiger charge is -2.25. The second kappa shape index (κ2) is 6.39. The third-order valence-electron chi connectivity index (χ3n) is 3.24. The van der Waals surface area contributed by atoms with Crippen molar-refractivity contribution >= 4 is 16.4 Å². The average molecular weight is 343 g/mol. The second-order valence-electron chi connectivity index (χ2n) is 7.38. The SMILES string of the molecule is COC(=O)NS(=O)(=O)Oc1cc(C(C)(C)C)cc(C(C)(C)C)c1. The minimum absolute atomic E-state index is 0.152. The van der Waals surface area contributed by atoms with E-state index in [9.17, 15) is 13.2 Å². The predicted octanol–water partition coefficient (Wildman–Crippen LogP) is 3.26. The van der Waals surface area contributed by atoms with E-state index in [0.717, 1.165) is 18.2 Å². The Kier molecular flexibility index (Phi) is 5.36. The summed E-state index contributed by atoms with van der Waals surface area (Å²) in [6.07, 6.45) is -1.10. The molecule has 130 valence electrons. The van der Waals surface area contributed by atoms with E-state index < -0.39 is 16.4 Å². The largest absolute Gasteiger partial charge is 0.452 e. The van der Waals surface area contributed by atoms with Crippen LogP contribution >= 0.6 is 0 Å². The van der Waals surface area contributed by atoms with E-state index in [1.54, 1.807) is 16.9 Å². The van der Waals surface area contributed by atoms with Crippen LogP contribution in [0.3, 0.4) is 0 Å². The minimum Gasteiger partial charge on any atom is -0.452 e. The number of nitrogens with one attached hydrogen (secondary N) is 1. The van der Waals surface area contributed by atoms with Gasteiger partial charge in [-0.2, -0.15) is 13.1 Å². The predicted molar refractivity (Wildman–Crippen MR) is 88.9 cm³/mol. The fourth-order valence-electron chi connectivity index (χ4n) is 1.80. The van der Waals surface area contributed by atoms with Crippen LogP contribution in [0.2, 0.25) is 0 Å².